The van der Waals surface area contributed by atoms with Crippen molar-refractivity contribution in [1.82, 2.24) is 15.0 Å². The Hall–Kier alpha value is -8.15. The van der Waals surface area contributed by atoms with Crippen LogP contribution >= 0.6 is 0 Å². The summed E-state index contributed by atoms with van der Waals surface area (Å²) in [6.45, 7) is 0. The van der Waals surface area contributed by atoms with Gasteiger partial charge in [-0.25, -0.2) is 15.0 Å². The van der Waals surface area contributed by atoms with E-state index in [2.05, 4.69) is 175 Å². The molecule has 0 radical (unpaired) electrons. The largest absolute Gasteiger partial charge is 0.454 e. The van der Waals surface area contributed by atoms with Crippen LogP contribution in [0.5, 0.6) is 0 Å². The lowest BCUT2D eigenvalue weighted by atomic mass is 10.0. The van der Waals surface area contributed by atoms with Gasteiger partial charge in [-0.1, -0.05) is 164 Å². The van der Waals surface area contributed by atoms with E-state index < -0.39 is 0 Å². The van der Waals surface area contributed by atoms with Crippen molar-refractivity contribution in [2.75, 3.05) is 4.90 Å². The highest BCUT2D eigenvalue weighted by Crippen LogP contribution is 2.46. The van der Waals surface area contributed by atoms with Crippen molar-refractivity contribution >= 4 is 49.8 Å². The van der Waals surface area contributed by atoms with Crippen LogP contribution in [0.1, 0.15) is 0 Å². The maximum Gasteiger partial charge on any atom is 0.164 e. The van der Waals surface area contributed by atoms with Crippen LogP contribution in [0.15, 0.2) is 223 Å². The summed E-state index contributed by atoms with van der Waals surface area (Å²) in [5.74, 6) is 1.76. The van der Waals surface area contributed by atoms with E-state index in [1.165, 1.54) is 5.56 Å². The van der Waals surface area contributed by atoms with Crippen molar-refractivity contribution in [3.8, 4) is 56.4 Å². The van der Waals surface area contributed by atoms with Gasteiger partial charge in [0.15, 0.2) is 23.1 Å². The Kier molecular flexibility index (Phi) is 8.75. The van der Waals surface area contributed by atoms with Gasteiger partial charge in [-0.3, -0.25) is 0 Å². The molecule has 0 atom stereocenters. The fourth-order valence-electron chi connectivity index (χ4n) is 8.16. The zero-order valence-electron chi connectivity index (χ0n) is 32.5. The van der Waals surface area contributed by atoms with Gasteiger partial charge in [-0.05, 0) is 87.6 Å². The molecule has 2 aromatic heterocycles. The molecule has 0 fully saturated rings. The highest BCUT2D eigenvalue weighted by atomic mass is 16.3. The standard InChI is InChI=1S/C55H36N4O/c1-5-16-37(17-6-1)39-28-30-46(31-29-39)59(45-26-11-4-12-27-45)49-33-32-47(51-48-35-42-22-13-14-23-43(42)36-50(48)60-52(49)51)55-57-53(40-20-9-3-10-21-40)56-54(58-55)44-25-15-24-41(34-44)38-18-7-2-8-19-38/h1-36H. The zero-order valence-corrected chi connectivity index (χ0v) is 32.5. The van der Waals surface area contributed by atoms with Crippen molar-refractivity contribution in [1.29, 1.82) is 0 Å². The number of hydrogen-bond acceptors (Lipinski definition) is 5. The summed E-state index contributed by atoms with van der Waals surface area (Å²) >= 11 is 0. The Morgan fingerprint density at radius 3 is 1.53 bits per heavy atom. The molecule has 282 valence electrons. The molecule has 9 aromatic carbocycles. The molecule has 0 amide bonds. The van der Waals surface area contributed by atoms with Gasteiger partial charge in [-0.2, -0.15) is 0 Å². The van der Waals surface area contributed by atoms with Crippen molar-refractivity contribution < 1.29 is 4.42 Å². The summed E-state index contributed by atoms with van der Waals surface area (Å²) < 4.78 is 7.05. The molecular weight excluding hydrogens is 733 g/mol. The summed E-state index contributed by atoms with van der Waals surface area (Å²) in [4.78, 5) is 17.9. The van der Waals surface area contributed by atoms with E-state index in [-0.39, 0.29) is 0 Å². The Morgan fingerprint density at radius 1 is 0.350 bits per heavy atom. The van der Waals surface area contributed by atoms with Gasteiger partial charge in [-0.15, -0.1) is 0 Å². The van der Waals surface area contributed by atoms with E-state index in [0.717, 1.165) is 83.2 Å². The fraction of sp³-hybridized carbons (Fsp3) is 0. The Bertz CT molecular complexity index is 3290. The first-order valence-electron chi connectivity index (χ1n) is 20.1. The second kappa shape index (κ2) is 15.0. The minimum Gasteiger partial charge on any atom is -0.454 e. The van der Waals surface area contributed by atoms with E-state index in [1.807, 2.05) is 48.5 Å². The third kappa shape index (κ3) is 6.45. The van der Waals surface area contributed by atoms with E-state index in [1.54, 1.807) is 0 Å². The van der Waals surface area contributed by atoms with Crippen molar-refractivity contribution in [2.45, 2.75) is 0 Å². The van der Waals surface area contributed by atoms with Gasteiger partial charge in [0.1, 0.15) is 5.58 Å². The molecule has 60 heavy (non-hydrogen) atoms. The molecule has 0 N–H and O–H groups in total. The zero-order chi connectivity index (χ0) is 39.8. The average molecular weight is 769 g/mol. The number of aromatic nitrogens is 3. The van der Waals surface area contributed by atoms with E-state index in [9.17, 15) is 0 Å². The minimum atomic E-state index is 0.565. The number of nitrogens with zero attached hydrogens (tertiary/aromatic N) is 4. The minimum absolute atomic E-state index is 0.565. The fourth-order valence-corrected chi connectivity index (χ4v) is 8.16. The topological polar surface area (TPSA) is 55.1 Å². The summed E-state index contributed by atoms with van der Waals surface area (Å²) in [6.07, 6.45) is 0. The molecule has 5 heteroatoms. The van der Waals surface area contributed by atoms with Gasteiger partial charge in [0.2, 0.25) is 0 Å². The number of furan rings is 1. The smallest absolute Gasteiger partial charge is 0.164 e. The molecule has 2 heterocycles. The van der Waals surface area contributed by atoms with Crippen LogP contribution in [0.2, 0.25) is 0 Å². The lowest BCUT2D eigenvalue weighted by molar-refractivity contribution is 0.669. The van der Waals surface area contributed by atoms with Crippen molar-refractivity contribution in [3.63, 3.8) is 0 Å². The molecule has 0 saturated heterocycles. The summed E-state index contributed by atoms with van der Waals surface area (Å²) in [6, 6.07) is 75.6. The third-order valence-corrected chi connectivity index (χ3v) is 11.1. The lowest BCUT2D eigenvalue weighted by Gasteiger charge is -2.26. The highest BCUT2D eigenvalue weighted by Gasteiger charge is 2.24. The summed E-state index contributed by atoms with van der Waals surface area (Å²) in [5.41, 5.74) is 11.7. The number of para-hydroxylation sites is 1. The Balaban J connectivity index is 1.16. The van der Waals surface area contributed by atoms with Crippen molar-refractivity contribution in [3.05, 3.63) is 218 Å². The van der Waals surface area contributed by atoms with Crippen molar-refractivity contribution in [2.24, 2.45) is 0 Å². The molecule has 5 nitrogen and oxygen atoms in total. The molecule has 0 aliphatic rings. The molecule has 11 aromatic rings. The average Bonchev–Trinajstić information content (AvgIpc) is 3.71. The second-order valence-corrected chi connectivity index (χ2v) is 14.8. The molecule has 0 saturated carbocycles. The van der Waals surface area contributed by atoms with Gasteiger partial charge < -0.3 is 9.32 Å². The normalized spacial score (nSPS) is 11.3. The number of hydrogen-bond donors (Lipinski definition) is 0. The van der Waals surface area contributed by atoms with Crippen LogP contribution in [-0.2, 0) is 0 Å². The molecule has 0 spiro atoms. The van der Waals surface area contributed by atoms with Crippen LogP contribution in [0.25, 0.3) is 89.1 Å². The first-order valence-corrected chi connectivity index (χ1v) is 20.1. The molecule has 0 unspecified atom stereocenters. The molecule has 0 aliphatic carbocycles. The predicted molar refractivity (Wildman–Crippen MR) is 246 cm³/mol. The lowest BCUT2D eigenvalue weighted by Crippen LogP contribution is -2.10. The monoisotopic (exact) mass is 768 g/mol. The second-order valence-electron chi connectivity index (χ2n) is 14.8. The predicted octanol–water partition coefficient (Wildman–Crippen LogP) is 14.7. The SMILES string of the molecule is c1ccc(-c2ccc(N(c3ccccc3)c3ccc(-c4nc(-c5ccccc5)nc(-c5cccc(-c6ccccc6)c5)n4)c4c3oc3cc5ccccc5cc34)cc2)cc1. The van der Waals surface area contributed by atoms with Crippen LogP contribution < -0.4 is 4.90 Å². The van der Waals surface area contributed by atoms with Gasteiger partial charge in [0.05, 0.1) is 5.69 Å². The number of fused-ring (bicyclic) bond motifs is 4. The Labute approximate surface area is 347 Å². The van der Waals surface area contributed by atoms with Crippen LogP contribution in [0.3, 0.4) is 0 Å². The van der Waals surface area contributed by atoms with Crippen LogP contribution in [-0.4, -0.2) is 15.0 Å². The van der Waals surface area contributed by atoms with E-state index in [0.29, 0.717) is 17.5 Å². The molecule has 11 rings (SSSR count). The van der Waals surface area contributed by atoms with Gasteiger partial charge >= 0.3 is 0 Å². The quantitative estimate of drug-likeness (QED) is 0.154. The molecular formula is C55H36N4O. The summed E-state index contributed by atoms with van der Waals surface area (Å²) in [5, 5.41) is 4.15. The first kappa shape index (κ1) is 35.0. The molecule has 0 bridgehead atoms. The van der Waals surface area contributed by atoms with E-state index in [4.69, 9.17) is 19.4 Å². The number of benzene rings is 9. The maximum atomic E-state index is 7.05. The van der Waals surface area contributed by atoms with E-state index >= 15 is 0 Å². The van der Waals surface area contributed by atoms with Crippen LogP contribution in [0.4, 0.5) is 17.1 Å². The third-order valence-electron chi connectivity index (χ3n) is 11.1. The summed E-state index contributed by atoms with van der Waals surface area (Å²) in [7, 11) is 0. The number of rotatable bonds is 8. The van der Waals surface area contributed by atoms with Gasteiger partial charge in [0, 0.05) is 38.8 Å². The van der Waals surface area contributed by atoms with Gasteiger partial charge in [0.25, 0.3) is 0 Å². The maximum absolute atomic E-state index is 7.05. The van der Waals surface area contributed by atoms with Crippen LogP contribution in [0, 0.1) is 0 Å². The number of anilines is 3. The molecule has 0 aliphatic heterocycles. The highest BCUT2D eigenvalue weighted by molar-refractivity contribution is 6.18. The first-order chi connectivity index (χ1) is 29.7. The Morgan fingerprint density at radius 2 is 0.850 bits per heavy atom.